The summed E-state index contributed by atoms with van der Waals surface area (Å²) in [6, 6.07) is 6.62. The normalized spacial score (nSPS) is 11.3. The molecule has 0 spiro atoms. The molecule has 6 heteroatoms. The molecule has 3 nitrogen and oxygen atoms in total. The molecule has 2 heterocycles. The van der Waals surface area contributed by atoms with Crippen molar-refractivity contribution < 1.29 is 0 Å². The van der Waals surface area contributed by atoms with Crippen LogP contribution in [0.4, 0.5) is 0 Å². The van der Waals surface area contributed by atoms with Gasteiger partial charge in [0.25, 0.3) is 0 Å². The molecular formula is C12H5BrCl2N2O. The predicted molar refractivity (Wildman–Crippen MR) is 77.6 cm³/mol. The fraction of sp³-hybridized carbons (Fsp3) is 0. The van der Waals surface area contributed by atoms with Crippen LogP contribution >= 0.6 is 39.1 Å². The van der Waals surface area contributed by atoms with Gasteiger partial charge in [-0.2, -0.15) is 0 Å². The Labute approximate surface area is 120 Å². The summed E-state index contributed by atoms with van der Waals surface area (Å²) in [6.07, 6.45) is 0. The second-order valence-electron chi connectivity index (χ2n) is 3.77. The summed E-state index contributed by atoms with van der Waals surface area (Å²) in [4.78, 5) is 19.5. The molecule has 1 aromatic carbocycles. The van der Waals surface area contributed by atoms with Gasteiger partial charge in [0.05, 0.1) is 20.4 Å². The Hall–Kier alpha value is -1.10. The molecular weight excluding hydrogens is 339 g/mol. The van der Waals surface area contributed by atoms with Gasteiger partial charge in [-0.25, -0.2) is 4.98 Å². The zero-order valence-corrected chi connectivity index (χ0v) is 11.9. The van der Waals surface area contributed by atoms with E-state index in [0.717, 1.165) is 0 Å². The quantitative estimate of drug-likeness (QED) is 0.492. The first-order chi connectivity index (χ1) is 8.58. The smallest absolute Gasteiger partial charge is 0.198 e. The number of fused-ring (bicyclic) bond motifs is 2. The summed E-state index contributed by atoms with van der Waals surface area (Å²) in [5, 5.41) is 1.92. The van der Waals surface area contributed by atoms with Crippen LogP contribution in [0.3, 0.4) is 0 Å². The molecule has 0 saturated carbocycles. The highest BCUT2D eigenvalue weighted by atomic mass is 79.9. The van der Waals surface area contributed by atoms with Gasteiger partial charge in [-0.1, -0.05) is 23.2 Å². The van der Waals surface area contributed by atoms with Crippen molar-refractivity contribution in [3.05, 3.63) is 49.1 Å². The van der Waals surface area contributed by atoms with Gasteiger partial charge < -0.3 is 4.98 Å². The van der Waals surface area contributed by atoms with Gasteiger partial charge in [0.1, 0.15) is 10.8 Å². The monoisotopic (exact) mass is 342 g/mol. The second kappa shape index (κ2) is 4.23. The molecule has 0 aliphatic rings. The Morgan fingerprint density at radius 3 is 2.61 bits per heavy atom. The highest BCUT2D eigenvalue weighted by Crippen LogP contribution is 2.29. The van der Waals surface area contributed by atoms with Crippen LogP contribution in [-0.4, -0.2) is 9.97 Å². The Bertz CT molecular complexity index is 845. The van der Waals surface area contributed by atoms with Crippen LogP contribution in [0.2, 0.25) is 10.2 Å². The van der Waals surface area contributed by atoms with Gasteiger partial charge in [0.2, 0.25) is 0 Å². The Morgan fingerprint density at radius 2 is 1.83 bits per heavy atom. The number of aromatic nitrogens is 2. The summed E-state index contributed by atoms with van der Waals surface area (Å²) in [6.45, 7) is 0. The third-order valence-corrected chi connectivity index (χ3v) is 4.27. The molecule has 3 rings (SSSR count). The third-order valence-electron chi connectivity index (χ3n) is 2.69. The zero-order valence-electron chi connectivity index (χ0n) is 8.80. The van der Waals surface area contributed by atoms with Crippen LogP contribution in [0.25, 0.3) is 21.9 Å². The number of rotatable bonds is 0. The van der Waals surface area contributed by atoms with E-state index in [0.29, 0.717) is 36.6 Å². The van der Waals surface area contributed by atoms with Crippen LogP contribution in [-0.2, 0) is 0 Å². The molecule has 0 saturated heterocycles. The van der Waals surface area contributed by atoms with Crippen LogP contribution in [0.1, 0.15) is 0 Å². The molecule has 0 amide bonds. The maximum absolute atomic E-state index is 12.3. The van der Waals surface area contributed by atoms with E-state index in [-0.39, 0.29) is 5.43 Å². The maximum atomic E-state index is 12.3. The lowest BCUT2D eigenvalue weighted by Crippen LogP contribution is -2.05. The molecule has 0 fully saturated rings. The van der Waals surface area contributed by atoms with Gasteiger partial charge in [0.15, 0.2) is 5.43 Å². The highest BCUT2D eigenvalue weighted by Gasteiger charge is 2.10. The van der Waals surface area contributed by atoms with E-state index in [1.165, 1.54) is 0 Å². The number of hydrogen-bond donors (Lipinski definition) is 1. The number of halogens is 3. The number of nitrogens with zero attached hydrogens (tertiary/aromatic N) is 1. The Balaban J connectivity index is 2.61. The molecule has 0 bridgehead atoms. The first-order valence-corrected chi connectivity index (χ1v) is 6.59. The van der Waals surface area contributed by atoms with Gasteiger partial charge >= 0.3 is 0 Å². The number of aromatic amines is 1. The van der Waals surface area contributed by atoms with E-state index in [4.69, 9.17) is 23.2 Å². The molecule has 0 aliphatic heterocycles. The lowest BCUT2D eigenvalue weighted by molar-refractivity contribution is 1.31. The topological polar surface area (TPSA) is 45.8 Å². The van der Waals surface area contributed by atoms with E-state index in [2.05, 4.69) is 25.9 Å². The van der Waals surface area contributed by atoms with Crippen molar-refractivity contribution in [3.63, 3.8) is 0 Å². The van der Waals surface area contributed by atoms with Gasteiger partial charge in [-0.05, 0) is 40.2 Å². The average molecular weight is 344 g/mol. The third kappa shape index (κ3) is 1.72. The van der Waals surface area contributed by atoms with Gasteiger partial charge in [-0.15, -0.1) is 0 Å². The SMILES string of the molecule is O=c1c2ccc(Cl)nc2[nH]c2c(Br)c(Cl)ccc12. The first kappa shape index (κ1) is 12.0. The minimum absolute atomic E-state index is 0.0970. The van der Waals surface area contributed by atoms with Crippen LogP contribution < -0.4 is 5.43 Å². The number of benzene rings is 1. The van der Waals surface area contributed by atoms with Crippen LogP contribution in [0.15, 0.2) is 33.5 Å². The number of nitrogens with one attached hydrogen (secondary N) is 1. The molecule has 0 aliphatic carbocycles. The maximum Gasteiger partial charge on any atom is 0.198 e. The molecule has 18 heavy (non-hydrogen) atoms. The summed E-state index contributed by atoms with van der Waals surface area (Å²) in [7, 11) is 0. The summed E-state index contributed by atoms with van der Waals surface area (Å²) in [5.74, 6) is 0. The molecule has 2 aromatic heterocycles. The van der Waals surface area contributed by atoms with Crippen molar-refractivity contribution in [2.45, 2.75) is 0 Å². The van der Waals surface area contributed by atoms with Gasteiger partial charge in [-0.3, -0.25) is 4.79 Å². The molecule has 0 atom stereocenters. The predicted octanol–water partition coefficient (Wildman–Crippen LogP) is 4.15. The van der Waals surface area contributed by atoms with Gasteiger partial charge in [0, 0.05) is 5.39 Å². The fourth-order valence-corrected chi connectivity index (χ4v) is 2.59. The van der Waals surface area contributed by atoms with Crippen molar-refractivity contribution in [1.82, 2.24) is 9.97 Å². The summed E-state index contributed by atoms with van der Waals surface area (Å²) < 4.78 is 0.641. The Morgan fingerprint density at radius 1 is 1.11 bits per heavy atom. The van der Waals surface area contributed by atoms with E-state index >= 15 is 0 Å². The number of hydrogen-bond acceptors (Lipinski definition) is 2. The highest BCUT2D eigenvalue weighted by molar-refractivity contribution is 9.10. The number of H-pyrrole nitrogens is 1. The number of pyridine rings is 2. The standard InChI is InChI=1S/C12H5BrCl2N2O/c13-9-7(14)3-1-5-10(9)17-12-6(11(5)18)2-4-8(15)16-12/h1-4H,(H,16,17,18). The Kier molecular flexibility index (Phi) is 2.81. The van der Waals surface area contributed by atoms with Crippen molar-refractivity contribution >= 4 is 61.1 Å². The first-order valence-electron chi connectivity index (χ1n) is 5.04. The fourth-order valence-electron chi connectivity index (χ4n) is 1.84. The van der Waals surface area contributed by atoms with E-state index in [1.807, 2.05) is 0 Å². The molecule has 3 aromatic rings. The lowest BCUT2D eigenvalue weighted by Gasteiger charge is -2.05. The lowest BCUT2D eigenvalue weighted by atomic mass is 10.1. The minimum Gasteiger partial charge on any atom is -0.338 e. The van der Waals surface area contributed by atoms with Crippen molar-refractivity contribution in [1.29, 1.82) is 0 Å². The minimum atomic E-state index is -0.0970. The van der Waals surface area contributed by atoms with Crippen LogP contribution in [0.5, 0.6) is 0 Å². The van der Waals surface area contributed by atoms with E-state index in [1.54, 1.807) is 24.3 Å². The van der Waals surface area contributed by atoms with E-state index < -0.39 is 0 Å². The summed E-state index contributed by atoms with van der Waals surface area (Å²) in [5.41, 5.74) is 0.970. The van der Waals surface area contributed by atoms with Crippen molar-refractivity contribution in [2.75, 3.05) is 0 Å². The van der Waals surface area contributed by atoms with E-state index in [9.17, 15) is 4.79 Å². The molecule has 90 valence electrons. The summed E-state index contributed by atoms with van der Waals surface area (Å²) >= 11 is 15.2. The van der Waals surface area contributed by atoms with Crippen LogP contribution in [0, 0.1) is 0 Å². The average Bonchev–Trinajstić information content (AvgIpc) is 2.34. The molecule has 1 N–H and O–H groups in total. The zero-order chi connectivity index (χ0) is 12.9. The molecule has 0 radical (unpaired) electrons. The van der Waals surface area contributed by atoms with Crippen molar-refractivity contribution in [2.24, 2.45) is 0 Å². The van der Waals surface area contributed by atoms with Crippen molar-refractivity contribution in [3.8, 4) is 0 Å². The second-order valence-corrected chi connectivity index (χ2v) is 5.36. The largest absolute Gasteiger partial charge is 0.338 e. The molecule has 0 unspecified atom stereocenters.